The molecule has 0 fully saturated rings. The van der Waals surface area contributed by atoms with Crippen LogP contribution in [-0.4, -0.2) is 36.8 Å². The van der Waals surface area contributed by atoms with Crippen LogP contribution < -0.4 is 5.32 Å². The first-order valence-electron chi connectivity index (χ1n) is 5.80. The van der Waals surface area contributed by atoms with Gasteiger partial charge in [0.1, 0.15) is 0 Å². The average Bonchev–Trinajstić information content (AvgIpc) is 2.54. The van der Waals surface area contributed by atoms with Crippen LogP contribution >= 0.6 is 0 Å². The van der Waals surface area contributed by atoms with E-state index in [0.29, 0.717) is 6.54 Å². The maximum absolute atomic E-state index is 5.15. The minimum absolute atomic E-state index is 0.213. The summed E-state index contributed by atoms with van der Waals surface area (Å²) in [4.78, 5) is 0. The third-order valence-corrected chi connectivity index (χ3v) is 3.11. The van der Waals surface area contributed by atoms with Gasteiger partial charge in [0.05, 0.1) is 5.69 Å². The molecule has 0 aliphatic heterocycles. The van der Waals surface area contributed by atoms with E-state index in [1.165, 1.54) is 11.3 Å². The molecule has 98 valence electrons. The van der Waals surface area contributed by atoms with Crippen molar-refractivity contribution in [2.75, 3.05) is 20.8 Å². The summed E-state index contributed by atoms with van der Waals surface area (Å²) in [5.74, 6) is 0. The van der Waals surface area contributed by atoms with Gasteiger partial charge in [-0.2, -0.15) is 5.10 Å². The summed E-state index contributed by atoms with van der Waals surface area (Å²) in [6, 6.07) is 0.233. The normalized spacial score (nSPS) is 13.4. The van der Waals surface area contributed by atoms with Gasteiger partial charge in [-0.3, -0.25) is 4.68 Å². The lowest BCUT2D eigenvalue weighted by molar-refractivity contribution is -0.0997. The Morgan fingerprint density at radius 2 is 1.88 bits per heavy atom. The Kier molecular flexibility index (Phi) is 5.11. The van der Waals surface area contributed by atoms with Crippen molar-refractivity contribution >= 4 is 0 Å². The van der Waals surface area contributed by atoms with Gasteiger partial charge in [-0.15, -0.1) is 0 Å². The van der Waals surface area contributed by atoms with Gasteiger partial charge in [0.2, 0.25) is 0 Å². The summed E-state index contributed by atoms with van der Waals surface area (Å²) >= 11 is 0. The van der Waals surface area contributed by atoms with Crippen molar-refractivity contribution in [1.29, 1.82) is 0 Å². The standard InChI is InChI=1S/C12H23N3O2/c1-8(13-7-11(16-5)17-6)12-9(2)14-15(4)10(12)3/h8,11,13H,7H2,1-6H3. The van der Waals surface area contributed by atoms with Crippen molar-refractivity contribution in [3.63, 3.8) is 0 Å². The molecular formula is C12H23N3O2. The number of hydrogen-bond donors (Lipinski definition) is 1. The fraction of sp³-hybridized carbons (Fsp3) is 0.750. The van der Waals surface area contributed by atoms with Crippen molar-refractivity contribution in [3.8, 4) is 0 Å². The zero-order chi connectivity index (χ0) is 13.0. The van der Waals surface area contributed by atoms with Crippen LogP contribution in [0.1, 0.15) is 29.9 Å². The molecule has 1 atom stereocenters. The molecule has 1 heterocycles. The molecule has 0 aliphatic rings. The van der Waals surface area contributed by atoms with Crippen molar-refractivity contribution in [1.82, 2.24) is 15.1 Å². The van der Waals surface area contributed by atoms with E-state index in [9.17, 15) is 0 Å². The maximum Gasteiger partial charge on any atom is 0.169 e. The summed E-state index contributed by atoms with van der Waals surface area (Å²) in [6.45, 7) is 6.89. The SMILES string of the molecule is COC(CNC(C)c1c(C)nn(C)c1C)OC. The van der Waals surface area contributed by atoms with Crippen LogP contribution in [-0.2, 0) is 16.5 Å². The van der Waals surface area contributed by atoms with Gasteiger partial charge >= 0.3 is 0 Å². The molecule has 17 heavy (non-hydrogen) atoms. The average molecular weight is 241 g/mol. The molecule has 0 amide bonds. The summed E-state index contributed by atoms with van der Waals surface area (Å²) in [6.07, 6.45) is -0.213. The third kappa shape index (κ3) is 3.28. The highest BCUT2D eigenvalue weighted by Crippen LogP contribution is 2.20. The van der Waals surface area contributed by atoms with Gasteiger partial charge in [-0.1, -0.05) is 0 Å². The van der Waals surface area contributed by atoms with Crippen LogP contribution in [0.15, 0.2) is 0 Å². The Labute approximate surface area is 103 Å². The lowest BCUT2D eigenvalue weighted by Gasteiger charge is -2.19. The summed E-state index contributed by atoms with van der Waals surface area (Å²) < 4.78 is 12.2. The van der Waals surface area contributed by atoms with Crippen LogP contribution in [0.4, 0.5) is 0 Å². The van der Waals surface area contributed by atoms with Crippen LogP contribution in [0, 0.1) is 13.8 Å². The van der Waals surface area contributed by atoms with Crippen molar-refractivity contribution in [2.24, 2.45) is 7.05 Å². The van der Waals surface area contributed by atoms with E-state index in [-0.39, 0.29) is 12.3 Å². The van der Waals surface area contributed by atoms with Gasteiger partial charge in [0.15, 0.2) is 6.29 Å². The van der Waals surface area contributed by atoms with E-state index in [4.69, 9.17) is 9.47 Å². The number of rotatable bonds is 6. The number of methoxy groups -OCH3 is 2. The minimum atomic E-state index is -0.213. The van der Waals surface area contributed by atoms with E-state index in [1.807, 2.05) is 18.7 Å². The number of ether oxygens (including phenoxy) is 2. The molecule has 1 unspecified atom stereocenters. The van der Waals surface area contributed by atoms with E-state index >= 15 is 0 Å². The molecule has 0 aliphatic carbocycles. The predicted octanol–water partition coefficient (Wildman–Crippen LogP) is 1.31. The fourth-order valence-corrected chi connectivity index (χ4v) is 2.05. The first-order chi connectivity index (χ1) is 8.01. The highest BCUT2D eigenvalue weighted by Gasteiger charge is 2.17. The van der Waals surface area contributed by atoms with Gasteiger partial charge in [0, 0.05) is 45.1 Å². The van der Waals surface area contributed by atoms with Gasteiger partial charge < -0.3 is 14.8 Å². The number of aryl methyl sites for hydroxylation is 2. The largest absolute Gasteiger partial charge is 0.355 e. The lowest BCUT2D eigenvalue weighted by atomic mass is 10.1. The highest BCUT2D eigenvalue weighted by atomic mass is 16.7. The fourth-order valence-electron chi connectivity index (χ4n) is 2.05. The zero-order valence-corrected chi connectivity index (χ0v) is 11.6. The first kappa shape index (κ1) is 14.2. The topological polar surface area (TPSA) is 48.3 Å². The second-order valence-electron chi connectivity index (χ2n) is 4.24. The Morgan fingerprint density at radius 1 is 1.29 bits per heavy atom. The molecule has 0 radical (unpaired) electrons. The van der Waals surface area contributed by atoms with Crippen LogP contribution in [0.2, 0.25) is 0 Å². The van der Waals surface area contributed by atoms with E-state index in [2.05, 4.69) is 24.3 Å². The van der Waals surface area contributed by atoms with E-state index < -0.39 is 0 Å². The second kappa shape index (κ2) is 6.14. The molecule has 0 spiro atoms. The third-order valence-electron chi connectivity index (χ3n) is 3.11. The Balaban J connectivity index is 2.66. The van der Waals surface area contributed by atoms with Crippen molar-refractivity contribution in [2.45, 2.75) is 33.1 Å². The first-order valence-corrected chi connectivity index (χ1v) is 5.80. The molecule has 1 aromatic rings. The number of nitrogens with one attached hydrogen (secondary N) is 1. The van der Waals surface area contributed by atoms with Crippen LogP contribution in [0.3, 0.4) is 0 Å². The number of nitrogens with zero attached hydrogens (tertiary/aromatic N) is 2. The zero-order valence-electron chi connectivity index (χ0n) is 11.6. The molecule has 5 nitrogen and oxygen atoms in total. The van der Waals surface area contributed by atoms with Gasteiger partial charge in [-0.05, 0) is 20.8 Å². The smallest absolute Gasteiger partial charge is 0.169 e. The lowest BCUT2D eigenvalue weighted by Crippen LogP contribution is -2.32. The summed E-state index contributed by atoms with van der Waals surface area (Å²) in [5, 5.41) is 7.81. The Morgan fingerprint density at radius 3 is 2.29 bits per heavy atom. The predicted molar refractivity (Wildman–Crippen MR) is 66.9 cm³/mol. The number of aromatic nitrogens is 2. The van der Waals surface area contributed by atoms with Crippen molar-refractivity contribution < 1.29 is 9.47 Å². The van der Waals surface area contributed by atoms with Crippen LogP contribution in [0.25, 0.3) is 0 Å². The second-order valence-corrected chi connectivity index (χ2v) is 4.24. The maximum atomic E-state index is 5.15. The van der Waals surface area contributed by atoms with E-state index in [0.717, 1.165) is 5.69 Å². The minimum Gasteiger partial charge on any atom is -0.355 e. The molecule has 0 aromatic carbocycles. The van der Waals surface area contributed by atoms with Crippen LogP contribution in [0.5, 0.6) is 0 Å². The molecule has 1 N–H and O–H groups in total. The molecule has 0 saturated carbocycles. The molecular weight excluding hydrogens is 218 g/mol. The molecule has 1 rings (SSSR count). The molecule has 0 bridgehead atoms. The molecule has 1 aromatic heterocycles. The summed E-state index contributed by atoms with van der Waals surface area (Å²) in [7, 11) is 5.24. The van der Waals surface area contributed by atoms with Gasteiger partial charge in [0.25, 0.3) is 0 Å². The van der Waals surface area contributed by atoms with Crippen molar-refractivity contribution in [3.05, 3.63) is 17.0 Å². The molecule has 0 saturated heterocycles. The Bertz CT molecular complexity index is 359. The highest BCUT2D eigenvalue weighted by molar-refractivity contribution is 5.27. The van der Waals surface area contributed by atoms with E-state index in [1.54, 1.807) is 14.2 Å². The molecule has 5 heteroatoms. The van der Waals surface area contributed by atoms with Gasteiger partial charge in [-0.25, -0.2) is 0 Å². The number of hydrogen-bond acceptors (Lipinski definition) is 4. The summed E-state index contributed by atoms with van der Waals surface area (Å²) in [5.41, 5.74) is 3.50. The quantitative estimate of drug-likeness (QED) is 0.763. The monoisotopic (exact) mass is 241 g/mol. The Hall–Kier alpha value is -0.910.